The summed E-state index contributed by atoms with van der Waals surface area (Å²) < 4.78 is 27.1. The van der Waals surface area contributed by atoms with Gasteiger partial charge in [0.1, 0.15) is 11.6 Å². The van der Waals surface area contributed by atoms with Crippen molar-refractivity contribution in [1.82, 2.24) is 10.3 Å². The molecule has 0 aliphatic heterocycles. The molecule has 0 aliphatic rings. The van der Waals surface area contributed by atoms with Gasteiger partial charge in [-0.2, -0.15) is 0 Å². The summed E-state index contributed by atoms with van der Waals surface area (Å²) in [4.78, 5) is 4.15. The van der Waals surface area contributed by atoms with Crippen LogP contribution in [0.2, 0.25) is 0 Å². The maximum absolute atomic E-state index is 14.0. The van der Waals surface area contributed by atoms with Gasteiger partial charge in [0.2, 0.25) is 0 Å². The molecule has 1 atom stereocenters. The maximum atomic E-state index is 14.0. The minimum absolute atomic E-state index is 0.317. The highest BCUT2D eigenvalue weighted by molar-refractivity contribution is 5.33. The van der Waals surface area contributed by atoms with Crippen molar-refractivity contribution in [3.63, 3.8) is 0 Å². The average Bonchev–Trinajstić information content (AvgIpc) is 2.41. The molecule has 4 heteroatoms. The predicted octanol–water partition coefficient (Wildman–Crippen LogP) is 3.76. The van der Waals surface area contributed by atoms with E-state index in [0.29, 0.717) is 5.56 Å². The van der Waals surface area contributed by atoms with Crippen LogP contribution in [0, 0.1) is 18.6 Å². The van der Waals surface area contributed by atoms with Crippen LogP contribution in [0.5, 0.6) is 0 Å². The number of benzene rings is 1. The van der Waals surface area contributed by atoms with Gasteiger partial charge < -0.3 is 5.32 Å². The van der Waals surface area contributed by atoms with Crippen LogP contribution in [0.3, 0.4) is 0 Å². The molecule has 0 saturated carbocycles. The molecule has 2 aromatic rings. The Hall–Kier alpha value is -1.81. The summed E-state index contributed by atoms with van der Waals surface area (Å²) in [6.07, 6.45) is 4.39. The Morgan fingerprint density at radius 3 is 2.65 bits per heavy atom. The van der Waals surface area contributed by atoms with Crippen LogP contribution in [0.25, 0.3) is 0 Å². The van der Waals surface area contributed by atoms with Crippen molar-refractivity contribution >= 4 is 0 Å². The lowest BCUT2D eigenvalue weighted by Crippen LogP contribution is -2.24. The van der Waals surface area contributed by atoms with Crippen molar-refractivity contribution in [2.24, 2.45) is 0 Å². The molecule has 0 bridgehead atoms. The van der Waals surface area contributed by atoms with E-state index in [0.717, 1.165) is 30.2 Å². The Labute approximate surface area is 117 Å². The molecular weight excluding hydrogens is 258 g/mol. The number of hydrogen-bond donors (Lipinski definition) is 1. The second-order valence-electron chi connectivity index (χ2n) is 4.85. The number of halogens is 2. The summed E-state index contributed by atoms with van der Waals surface area (Å²) in [5.41, 5.74) is 2.32. The van der Waals surface area contributed by atoms with Crippen molar-refractivity contribution in [3.05, 3.63) is 65.0 Å². The Kier molecular flexibility index (Phi) is 4.79. The number of pyridine rings is 1. The minimum atomic E-state index is -0.567. The largest absolute Gasteiger partial charge is 0.306 e. The fourth-order valence-corrected chi connectivity index (χ4v) is 2.17. The first kappa shape index (κ1) is 14.6. The highest BCUT2D eigenvalue weighted by Crippen LogP contribution is 2.25. The van der Waals surface area contributed by atoms with Gasteiger partial charge in [-0.05, 0) is 37.1 Å². The van der Waals surface area contributed by atoms with E-state index in [9.17, 15) is 8.78 Å². The summed E-state index contributed by atoms with van der Waals surface area (Å²) in [5, 5.41) is 3.29. The number of nitrogens with one attached hydrogen (secondary N) is 1. The third kappa shape index (κ3) is 3.39. The lowest BCUT2D eigenvalue weighted by Gasteiger charge is -2.20. The molecular formula is C16H18F2N2. The Bertz CT molecular complexity index is 584. The van der Waals surface area contributed by atoms with Crippen molar-refractivity contribution in [2.75, 3.05) is 6.54 Å². The van der Waals surface area contributed by atoms with E-state index in [1.807, 2.05) is 19.9 Å². The zero-order valence-corrected chi connectivity index (χ0v) is 11.7. The SMILES string of the molecule is CCCNC(c1cncc(C)c1)c1ccc(F)cc1F. The van der Waals surface area contributed by atoms with Crippen LogP contribution < -0.4 is 5.32 Å². The van der Waals surface area contributed by atoms with Gasteiger partial charge in [0.25, 0.3) is 0 Å². The molecule has 0 radical (unpaired) electrons. The molecule has 0 fully saturated rings. The van der Waals surface area contributed by atoms with Gasteiger partial charge in [-0.1, -0.05) is 19.1 Å². The van der Waals surface area contributed by atoms with Crippen LogP contribution in [0.4, 0.5) is 8.78 Å². The number of aryl methyl sites for hydroxylation is 1. The van der Waals surface area contributed by atoms with Crippen LogP contribution in [0.1, 0.15) is 36.1 Å². The Morgan fingerprint density at radius 1 is 1.20 bits per heavy atom. The van der Waals surface area contributed by atoms with E-state index in [2.05, 4.69) is 10.3 Å². The van der Waals surface area contributed by atoms with Gasteiger partial charge in [-0.3, -0.25) is 4.98 Å². The first-order valence-corrected chi connectivity index (χ1v) is 6.71. The first-order chi connectivity index (χ1) is 9.61. The molecule has 0 amide bonds. The Morgan fingerprint density at radius 2 is 2.00 bits per heavy atom. The lowest BCUT2D eigenvalue weighted by atomic mass is 9.98. The lowest BCUT2D eigenvalue weighted by molar-refractivity contribution is 0.532. The standard InChI is InChI=1S/C16H18F2N2/c1-3-6-20-16(12-7-11(2)9-19-10-12)14-5-4-13(17)8-15(14)18/h4-5,7-10,16,20H,3,6H2,1-2H3. The fraction of sp³-hybridized carbons (Fsp3) is 0.312. The molecule has 2 rings (SSSR count). The summed E-state index contributed by atoms with van der Waals surface area (Å²) >= 11 is 0. The van der Waals surface area contributed by atoms with Gasteiger partial charge in [-0.25, -0.2) is 8.78 Å². The van der Waals surface area contributed by atoms with Crippen LogP contribution >= 0.6 is 0 Å². The van der Waals surface area contributed by atoms with Crippen LogP contribution in [0.15, 0.2) is 36.7 Å². The van der Waals surface area contributed by atoms with Crippen molar-refractivity contribution in [1.29, 1.82) is 0 Å². The molecule has 1 aromatic carbocycles. The molecule has 1 aromatic heterocycles. The number of aromatic nitrogens is 1. The summed E-state index contributed by atoms with van der Waals surface area (Å²) in [7, 11) is 0. The van der Waals surface area contributed by atoms with Gasteiger partial charge >= 0.3 is 0 Å². The zero-order valence-electron chi connectivity index (χ0n) is 11.7. The highest BCUT2D eigenvalue weighted by Gasteiger charge is 2.18. The fourth-order valence-electron chi connectivity index (χ4n) is 2.17. The monoisotopic (exact) mass is 276 g/mol. The Balaban J connectivity index is 2.41. The van der Waals surface area contributed by atoms with Gasteiger partial charge in [0.15, 0.2) is 0 Å². The molecule has 1 unspecified atom stereocenters. The van der Waals surface area contributed by atoms with E-state index in [4.69, 9.17) is 0 Å². The van der Waals surface area contributed by atoms with E-state index >= 15 is 0 Å². The van der Waals surface area contributed by atoms with Gasteiger partial charge in [0.05, 0.1) is 6.04 Å². The van der Waals surface area contributed by atoms with Crippen LogP contribution in [-0.4, -0.2) is 11.5 Å². The second kappa shape index (κ2) is 6.57. The molecule has 0 saturated heterocycles. The predicted molar refractivity (Wildman–Crippen MR) is 75.5 cm³/mol. The molecule has 1 heterocycles. The number of hydrogen-bond acceptors (Lipinski definition) is 2. The summed E-state index contributed by atoms with van der Waals surface area (Å²) in [5.74, 6) is -1.11. The van der Waals surface area contributed by atoms with E-state index in [-0.39, 0.29) is 6.04 Å². The molecule has 0 aliphatic carbocycles. The summed E-state index contributed by atoms with van der Waals surface area (Å²) in [6.45, 7) is 4.73. The van der Waals surface area contributed by atoms with Crippen molar-refractivity contribution in [2.45, 2.75) is 26.3 Å². The third-order valence-corrected chi connectivity index (χ3v) is 3.10. The highest BCUT2D eigenvalue weighted by atomic mass is 19.1. The molecule has 0 spiro atoms. The normalized spacial score (nSPS) is 12.4. The van der Waals surface area contributed by atoms with Crippen LogP contribution in [-0.2, 0) is 0 Å². The molecule has 106 valence electrons. The van der Waals surface area contributed by atoms with Gasteiger partial charge in [-0.15, -0.1) is 0 Å². The number of nitrogens with zero attached hydrogens (tertiary/aromatic N) is 1. The van der Waals surface area contributed by atoms with E-state index < -0.39 is 11.6 Å². The molecule has 20 heavy (non-hydrogen) atoms. The number of rotatable bonds is 5. The summed E-state index contributed by atoms with van der Waals surface area (Å²) in [6, 6.07) is 5.33. The first-order valence-electron chi connectivity index (χ1n) is 6.71. The maximum Gasteiger partial charge on any atom is 0.131 e. The molecule has 2 nitrogen and oxygen atoms in total. The average molecular weight is 276 g/mol. The molecule has 1 N–H and O–H groups in total. The van der Waals surface area contributed by atoms with E-state index in [1.165, 1.54) is 12.1 Å². The van der Waals surface area contributed by atoms with Crippen molar-refractivity contribution in [3.8, 4) is 0 Å². The van der Waals surface area contributed by atoms with E-state index in [1.54, 1.807) is 12.4 Å². The third-order valence-electron chi connectivity index (χ3n) is 3.10. The van der Waals surface area contributed by atoms with Crippen molar-refractivity contribution < 1.29 is 8.78 Å². The zero-order chi connectivity index (χ0) is 14.5. The van der Waals surface area contributed by atoms with Gasteiger partial charge in [0, 0.05) is 24.0 Å². The smallest absolute Gasteiger partial charge is 0.131 e. The minimum Gasteiger partial charge on any atom is -0.306 e. The quantitative estimate of drug-likeness (QED) is 0.899. The topological polar surface area (TPSA) is 24.9 Å². The second-order valence-corrected chi connectivity index (χ2v) is 4.85.